The zero-order valence-electron chi connectivity index (χ0n) is 26.2. The van der Waals surface area contributed by atoms with Gasteiger partial charge in [0.1, 0.15) is 13.2 Å². The molecule has 0 heterocycles. The Morgan fingerprint density at radius 2 is 0.300 bits per heavy atom. The van der Waals surface area contributed by atoms with E-state index in [9.17, 15) is 167 Å². The molecule has 1 radical (unpaired) electrons. The third-order valence-corrected chi connectivity index (χ3v) is 6.93. The molecule has 0 spiro atoms. The number of ether oxygens (including phenoxy) is 1. The average molecular weight is 1070 g/mol. The van der Waals surface area contributed by atoms with Gasteiger partial charge in [-0.2, -0.15) is 167 Å². The largest absolute Gasteiger partial charge is 0.460 e. The summed E-state index contributed by atoms with van der Waals surface area (Å²) in [5.74, 6) is -146. The van der Waals surface area contributed by atoms with E-state index in [2.05, 4.69) is 4.74 Å². The molecular weight excluding hydrogens is 1060 g/mol. The van der Waals surface area contributed by atoms with Gasteiger partial charge in [0.2, 0.25) is 0 Å². The van der Waals surface area contributed by atoms with Gasteiger partial charge in [-0.1, -0.05) is 0 Å². The standard InChI is InChI=1S/C20H4F38O.Rb/c21-3(22,5(25,26)7(29,30)9(33,34)11(37,38)13(41,42)15(45,46)17(49,50)19(53,54)55)1-59-2-4(23,24)6(27,28)8(31,32)10(35,36)12(39,40)14(43,44)16(47,48)18(51,52)20(56,57)58;/h1-2H2;. The van der Waals surface area contributed by atoms with Crippen molar-refractivity contribution in [2.75, 3.05) is 13.2 Å². The molecule has 0 N–H and O–H groups in total. The number of alkyl halides is 38. The third kappa shape index (κ3) is 7.87. The smallest absolute Gasteiger partial charge is 0.368 e. The Kier molecular flexibility index (Phi) is 15.9. The predicted octanol–water partition coefficient (Wildman–Crippen LogP) is 11.9. The number of hydrogen-bond acceptors (Lipinski definition) is 1. The van der Waals surface area contributed by atoms with E-state index in [1.54, 1.807) is 0 Å². The van der Waals surface area contributed by atoms with Gasteiger partial charge >= 0.3 is 107 Å². The van der Waals surface area contributed by atoms with Crippen LogP contribution in [0.5, 0.6) is 0 Å². The van der Waals surface area contributed by atoms with Gasteiger partial charge in [0.25, 0.3) is 0 Å². The van der Waals surface area contributed by atoms with E-state index in [1.807, 2.05) is 0 Å². The van der Waals surface area contributed by atoms with Crippen LogP contribution in [-0.2, 0) is 4.74 Å². The number of hydrogen-bond donors (Lipinski definition) is 0. The van der Waals surface area contributed by atoms with Crippen LogP contribution < -0.4 is 0 Å². The van der Waals surface area contributed by atoms with Gasteiger partial charge in [0, 0.05) is 58.2 Å². The first-order valence-electron chi connectivity index (χ1n) is 12.5. The van der Waals surface area contributed by atoms with Crippen LogP contribution in [0.25, 0.3) is 0 Å². The van der Waals surface area contributed by atoms with Gasteiger partial charge in [-0.3, -0.25) is 0 Å². The Bertz CT molecular complexity index is 1380. The van der Waals surface area contributed by atoms with Crippen molar-refractivity contribution in [2.45, 2.75) is 107 Å². The van der Waals surface area contributed by atoms with E-state index in [0.717, 1.165) is 0 Å². The maximum absolute atomic E-state index is 13.8. The van der Waals surface area contributed by atoms with Crippen LogP contribution in [0.3, 0.4) is 0 Å². The van der Waals surface area contributed by atoms with Crippen molar-refractivity contribution < 1.29 is 172 Å². The van der Waals surface area contributed by atoms with Crippen LogP contribution in [0.4, 0.5) is 167 Å². The van der Waals surface area contributed by atoms with Crippen LogP contribution in [-0.4, -0.2) is 179 Å². The number of rotatable bonds is 18. The van der Waals surface area contributed by atoms with Gasteiger partial charge in [0.05, 0.1) is 0 Å². The van der Waals surface area contributed by atoms with E-state index in [1.165, 1.54) is 0 Å². The summed E-state index contributed by atoms with van der Waals surface area (Å²) in [5.41, 5.74) is 0. The molecule has 0 amide bonds. The molecule has 0 aromatic rings. The Hall–Kier alpha value is -0.895. The molecule has 0 fully saturated rings. The Morgan fingerprint density at radius 1 is 0.183 bits per heavy atom. The molecule has 0 rings (SSSR count). The molecule has 0 atom stereocenters. The van der Waals surface area contributed by atoms with Gasteiger partial charge < -0.3 is 4.74 Å². The Balaban J connectivity index is 0. The zero-order chi connectivity index (χ0) is 49.1. The molecule has 0 saturated carbocycles. The summed E-state index contributed by atoms with van der Waals surface area (Å²) >= 11 is 0. The van der Waals surface area contributed by atoms with Crippen LogP contribution in [0.15, 0.2) is 0 Å². The molecule has 0 aliphatic heterocycles. The number of halogens is 38. The summed E-state index contributed by atoms with van der Waals surface area (Å²) < 4.78 is 506. The van der Waals surface area contributed by atoms with Gasteiger partial charge in [0.15, 0.2) is 0 Å². The second-order valence-electron chi connectivity index (χ2n) is 10.9. The SMILES string of the molecule is FC(F)(F)C(F)(F)C(F)(F)C(F)(F)C(F)(F)C(F)(F)C(F)(F)C(F)(F)C(F)(F)COCC(F)(F)C(F)(F)C(F)(F)C(F)(F)C(F)(F)C(F)(F)C(F)(F)C(F)(F)C(F)(F)F.[Rb]. The van der Waals surface area contributed by atoms with E-state index in [-0.39, 0.29) is 58.2 Å². The first kappa shape index (κ1) is 61.2. The van der Waals surface area contributed by atoms with E-state index < -0.39 is 120 Å². The molecule has 0 saturated heterocycles. The van der Waals surface area contributed by atoms with Crippen LogP contribution in [0.2, 0.25) is 0 Å². The van der Waals surface area contributed by atoms with Crippen LogP contribution in [0, 0.1) is 0 Å². The molecule has 0 unspecified atom stereocenters. The van der Waals surface area contributed by atoms with Gasteiger partial charge in [-0.15, -0.1) is 0 Å². The van der Waals surface area contributed by atoms with Gasteiger partial charge in [-0.05, 0) is 0 Å². The minimum atomic E-state index is -9.60. The fraction of sp³-hybridized carbons (Fsp3) is 1.00. The molecule has 357 valence electrons. The molecule has 40 heteroatoms. The summed E-state index contributed by atoms with van der Waals surface area (Å²) in [6.45, 7) is -9.65. The van der Waals surface area contributed by atoms with E-state index in [4.69, 9.17) is 0 Å². The van der Waals surface area contributed by atoms with Crippen molar-refractivity contribution in [2.24, 2.45) is 0 Å². The zero-order valence-corrected chi connectivity index (χ0v) is 31.1. The summed E-state index contributed by atoms with van der Waals surface area (Å²) in [5, 5.41) is 0. The summed E-state index contributed by atoms with van der Waals surface area (Å²) in [6, 6.07) is 0. The third-order valence-electron chi connectivity index (χ3n) is 6.93. The summed E-state index contributed by atoms with van der Waals surface area (Å²) in [4.78, 5) is 0. The normalized spacial score (nSPS) is 16.9. The molecule has 0 aromatic carbocycles. The molecule has 0 aromatic heterocycles. The van der Waals surface area contributed by atoms with Crippen molar-refractivity contribution in [3.05, 3.63) is 0 Å². The van der Waals surface area contributed by atoms with Crippen molar-refractivity contribution >= 4 is 58.2 Å². The van der Waals surface area contributed by atoms with E-state index >= 15 is 0 Å². The monoisotopic (exact) mass is 1070 g/mol. The molecule has 0 aliphatic carbocycles. The molecule has 0 aliphatic rings. The Morgan fingerprint density at radius 3 is 0.433 bits per heavy atom. The van der Waals surface area contributed by atoms with E-state index in [0.29, 0.717) is 0 Å². The van der Waals surface area contributed by atoms with Crippen LogP contribution >= 0.6 is 0 Å². The summed E-state index contributed by atoms with van der Waals surface area (Å²) in [7, 11) is 0. The fourth-order valence-electron chi connectivity index (χ4n) is 3.28. The van der Waals surface area contributed by atoms with Gasteiger partial charge in [-0.25, -0.2) is 0 Å². The molecule has 60 heavy (non-hydrogen) atoms. The topological polar surface area (TPSA) is 9.23 Å². The maximum atomic E-state index is 13.8. The quantitative estimate of drug-likeness (QED) is 0.124. The summed E-state index contributed by atoms with van der Waals surface area (Å²) in [6.07, 6.45) is -16.6. The predicted molar refractivity (Wildman–Crippen MR) is 108 cm³/mol. The fourth-order valence-corrected chi connectivity index (χ4v) is 3.28. The first-order valence-corrected chi connectivity index (χ1v) is 12.5. The minimum absolute atomic E-state index is 0. The van der Waals surface area contributed by atoms with Crippen molar-refractivity contribution in [1.29, 1.82) is 0 Å². The minimum Gasteiger partial charge on any atom is -0.368 e. The molecule has 0 bridgehead atoms. The molecule has 1 nitrogen and oxygen atoms in total. The Labute approximate surface area is 348 Å². The average Bonchev–Trinajstić information content (AvgIpc) is 2.98. The second kappa shape index (κ2) is 15.6. The first-order chi connectivity index (χ1) is 24.7. The second-order valence-corrected chi connectivity index (χ2v) is 10.9. The molecular formula is C20H4F38ORb. The van der Waals surface area contributed by atoms with Crippen molar-refractivity contribution in [3.63, 3.8) is 0 Å². The maximum Gasteiger partial charge on any atom is 0.460 e. The van der Waals surface area contributed by atoms with Crippen molar-refractivity contribution in [3.8, 4) is 0 Å². The van der Waals surface area contributed by atoms with Crippen LogP contribution in [0.1, 0.15) is 0 Å². The van der Waals surface area contributed by atoms with Crippen molar-refractivity contribution in [1.82, 2.24) is 0 Å².